The number of anilines is 1. The maximum atomic E-state index is 12.5. The van der Waals surface area contributed by atoms with Crippen LogP contribution in [0, 0.1) is 0 Å². The molecule has 1 aromatic rings. The second kappa shape index (κ2) is 7.98. The van der Waals surface area contributed by atoms with Gasteiger partial charge in [-0.15, -0.1) is 0 Å². The van der Waals surface area contributed by atoms with Gasteiger partial charge in [0.2, 0.25) is 0 Å². The van der Waals surface area contributed by atoms with E-state index in [1.165, 1.54) is 19.3 Å². The second-order valence-corrected chi connectivity index (χ2v) is 5.75. The molecule has 1 amide bonds. The van der Waals surface area contributed by atoms with Crippen LogP contribution in [0.3, 0.4) is 0 Å². The Balaban J connectivity index is 2.03. The van der Waals surface area contributed by atoms with Crippen LogP contribution in [0.4, 0.5) is 5.69 Å². The first-order chi connectivity index (χ1) is 10.2. The van der Waals surface area contributed by atoms with Gasteiger partial charge in [-0.1, -0.05) is 31.4 Å². The molecule has 0 saturated heterocycles. The van der Waals surface area contributed by atoms with Crippen molar-refractivity contribution in [3.63, 3.8) is 0 Å². The quantitative estimate of drug-likeness (QED) is 0.748. The third kappa shape index (κ3) is 4.70. The number of carbonyl (C=O) groups is 1. The van der Waals surface area contributed by atoms with Crippen molar-refractivity contribution in [3.05, 3.63) is 29.8 Å². The lowest BCUT2D eigenvalue weighted by Crippen LogP contribution is -2.37. The van der Waals surface area contributed by atoms with Gasteiger partial charge in [0, 0.05) is 12.6 Å². The number of carbonyl (C=O) groups excluding carboxylic acids is 1. The molecule has 0 unspecified atom stereocenters. The molecule has 0 spiro atoms. The van der Waals surface area contributed by atoms with E-state index >= 15 is 0 Å². The summed E-state index contributed by atoms with van der Waals surface area (Å²) in [5.41, 5.74) is 1.39. The molecule has 4 nitrogen and oxygen atoms in total. The van der Waals surface area contributed by atoms with E-state index in [1.54, 1.807) is 0 Å². The van der Waals surface area contributed by atoms with Gasteiger partial charge in [0.15, 0.2) is 5.11 Å². The lowest BCUT2D eigenvalue weighted by Gasteiger charge is -2.23. The summed E-state index contributed by atoms with van der Waals surface area (Å²) in [5, 5.41) is 9.79. The molecule has 114 valence electrons. The van der Waals surface area contributed by atoms with E-state index in [1.807, 2.05) is 31.2 Å². The number of nitrogens with one attached hydrogen (secondary N) is 3. The Morgan fingerprint density at radius 3 is 2.67 bits per heavy atom. The maximum Gasteiger partial charge on any atom is 0.253 e. The number of thiocarbonyl (C=S) groups is 1. The van der Waals surface area contributed by atoms with Gasteiger partial charge in [0.25, 0.3) is 5.91 Å². The molecular weight excluding hydrogens is 282 g/mol. The van der Waals surface area contributed by atoms with E-state index in [9.17, 15) is 4.79 Å². The van der Waals surface area contributed by atoms with Crippen LogP contribution in [0.15, 0.2) is 24.3 Å². The number of hydrogen-bond acceptors (Lipinski definition) is 2. The zero-order valence-corrected chi connectivity index (χ0v) is 13.3. The van der Waals surface area contributed by atoms with Crippen molar-refractivity contribution >= 4 is 28.9 Å². The fraction of sp³-hybridized carbons (Fsp3) is 0.500. The third-order valence-electron chi connectivity index (χ3n) is 3.70. The van der Waals surface area contributed by atoms with E-state index < -0.39 is 0 Å². The molecule has 0 aliphatic heterocycles. The Morgan fingerprint density at radius 1 is 1.24 bits per heavy atom. The first kappa shape index (κ1) is 15.8. The number of para-hydroxylation sites is 1. The molecule has 0 atom stereocenters. The minimum absolute atomic E-state index is 0.0238. The van der Waals surface area contributed by atoms with E-state index in [0.717, 1.165) is 25.1 Å². The molecule has 1 aliphatic carbocycles. The van der Waals surface area contributed by atoms with Crippen molar-refractivity contribution in [2.45, 2.75) is 45.1 Å². The molecule has 0 heterocycles. The van der Waals surface area contributed by atoms with Crippen LogP contribution in [0.2, 0.25) is 0 Å². The Kier molecular flexibility index (Phi) is 5.99. The average molecular weight is 305 g/mol. The fourth-order valence-electron chi connectivity index (χ4n) is 2.63. The predicted molar refractivity (Wildman–Crippen MR) is 90.7 cm³/mol. The van der Waals surface area contributed by atoms with Crippen LogP contribution < -0.4 is 16.0 Å². The normalized spacial score (nSPS) is 15.3. The topological polar surface area (TPSA) is 53.2 Å². The van der Waals surface area contributed by atoms with Gasteiger partial charge < -0.3 is 16.0 Å². The van der Waals surface area contributed by atoms with Crippen LogP contribution in [0.1, 0.15) is 49.4 Å². The van der Waals surface area contributed by atoms with Crippen molar-refractivity contribution in [2.24, 2.45) is 0 Å². The first-order valence-electron chi connectivity index (χ1n) is 7.65. The third-order valence-corrected chi connectivity index (χ3v) is 3.94. The van der Waals surface area contributed by atoms with Gasteiger partial charge in [0.05, 0.1) is 11.3 Å². The van der Waals surface area contributed by atoms with Crippen molar-refractivity contribution in [1.29, 1.82) is 0 Å². The number of benzene rings is 1. The SMILES string of the molecule is CCNC(=S)Nc1ccccc1C(=O)NC1CCCCC1. The summed E-state index contributed by atoms with van der Waals surface area (Å²) < 4.78 is 0. The molecule has 1 saturated carbocycles. The number of hydrogen-bond donors (Lipinski definition) is 3. The second-order valence-electron chi connectivity index (χ2n) is 5.34. The highest BCUT2D eigenvalue weighted by Crippen LogP contribution is 2.20. The van der Waals surface area contributed by atoms with Gasteiger partial charge in [-0.2, -0.15) is 0 Å². The molecule has 21 heavy (non-hydrogen) atoms. The number of rotatable bonds is 4. The van der Waals surface area contributed by atoms with Crippen LogP contribution >= 0.6 is 12.2 Å². The van der Waals surface area contributed by atoms with Crippen LogP contribution in [0.25, 0.3) is 0 Å². The standard InChI is InChI=1S/C16H23N3OS/c1-2-17-16(21)19-14-11-7-6-10-13(14)15(20)18-12-8-4-3-5-9-12/h6-7,10-12H,2-5,8-9H2,1H3,(H,18,20)(H2,17,19,21). The molecule has 0 radical (unpaired) electrons. The molecule has 1 aliphatic rings. The Labute approximate surface area is 131 Å². The van der Waals surface area contributed by atoms with Crippen molar-refractivity contribution in [3.8, 4) is 0 Å². The van der Waals surface area contributed by atoms with Gasteiger partial charge in [-0.25, -0.2) is 0 Å². The Morgan fingerprint density at radius 2 is 1.95 bits per heavy atom. The molecule has 0 bridgehead atoms. The summed E-state index contributed by atoms with van der Waals surface area (Å²) >= 11 is 5.19. The summed E-state index contributed by atoms with van der Waals surface area (Å²) in [6.45, 7) is 2.73. The molecule has 5 heteroatoms. The van der Waals surface area contributed by atoms with Crippen LogP contribution in [-0.2, 0) is 0 Å². The minimum Gasteiger partial charge on any atom is -0.363 e. The van der Waals surface area contributed by atoms with Crippen molar-refractivity contribution in [2.75, 3.05) is 11.9 Å². The molecule has 3 N–H and O–H groups in total. The highest BCUT2D eigenvalue weighted by atomic mass is 32.1. The summed E-state index contributed by atoms with van der Waals surface area (Å²) in [6.07, 6.45) is 5.85. The minimum atomic E-state index is -0.0238. The molecule has 0 aromatic heterocycles. The molecule has 2 rings (SSSR count). The predicted octanol–water partition coefficient (Wildman–Crippen LogP) is 3.06. The molecule has 1 aromatic carbocycles. The summed E-state index contributed by atoms with van der Waals surface area (Å²) in [6, 6.07) is 7.78. The number of amides is 1. The summed E-state index contributed by atoms with van der Waals surface area (Å²) in [7, 11) is 0. The van der Waals surface area contributed by atoms with Gasteiger partial charge in [0.1, 0.15) is 0 Å². The van der Waals surface area contributed by atoms with Crippen molar-refractivity contribution < 1.29 is 4.79 Å². The lowest BCUT2D eigenvalue weighted by atomic mass is 9.95. The Hall–Kier alpha value is -1.62. The fourth-order valence-corrected chi connectivity index (χ4v) is 2.88. The van der Waals surface area contributed by atoms with Gasteiger partial charge in [-0.3, -0.25) is 4.79 Å². The zero-order valence-electron chi connectivity index (χ0n) is 12.4. The first-order valence-corrected chi connectivity index (χ1v) is 8.06. The van der Waals surface area contributed by atoms with Crippen LogP contribution in [-0.4, -0.2) is 23.6 Å². The largest absolute Gasteiger partial charge is 0.363 e. The lowest BCUT2D eigenvalue weighted by molar-refractivity contribution is 0.0928. The Bertz CT molecular complexity index is 498. The molecule has 1 fully saturated rings. The summed E-state index contributed by atoms with van der Waals surface area (Å²) in [5.74, 6) is -0.0238. The summed E-state index contributed by atoms with van der Waals surface area (Å²) in [4.78, 5) is 12.5. The smallest absolute Gasteiger partial charge is 0.253 e. The van der Waals surface area contributed by atoms with Crippen LogP contribution in [0.5, 0.6) is 0 Å². The van der Waals surface area contributed by atoms with E-state index in [0.29, 0.717) is 16.7 Å². The van der Waals surface area contributed by atoms with E-state index in [2.05, 4.69) is 16.0 Å². The van der Waals surface area contributed by atoms with E-state index in [-0.39, 0.29) is 5.91 Å². The zero-order chi connectivity index (χ0) is 15.1. The molecular formula is C16H23N3OS. The van der Waals surface area contributed by atoms with E-state index in [4.69, 9.17) is 12.2 Å². The van der Waals surface area contributed by atoms with Gasteiger partial charge in [-0.05, 0) is 44.1 Å². The highest BCUT2D eigenvalue weighted by Gasteiger charge is 2.18. The average Bonchev–Trinajstić information content (AvgIpc) is 2.49. The highest BCUT2D eigenvalue weighted by molar-refractivity contribution is 7.80. The van der Waals surface area contributed by atoms with Crippen molar-refractivity contribution in [1.82, 2.24) is 10.6 Å². The van der Waals surface area contributed by atoms with Gasteiger partial charge >= 0.3 is 0 Å². The monoisotopic (exact) mass is 305 g/mol. The maximum absolute atomic E-state index is 12.5.